The summed E-state index contributed by atoms with van der Waals surface area (Å²) in [5.74, 6) is -0.604. The van der Waals surface area contributed by atoms with Crippen molar-refractivity contribution in [1.82, 2.24) is 4.90 Å². The lowest BCUT2D eigenvalue weighted by Gasteiger charge is -2.28. The van der Waals surface area contributed by atoms with Crippen LogP contribution in [0.5, 0.6) is 0 Å². The van der Waals surface area contributed by atoms with Gasteiger partial charge in [0.05, 0.1) is 11.2 Å². The summed E-state index contributed by atoms with van der Waals surface area (Å²) in [7, 11) is 1.66. The Morgan fingerprint density at radius 1 is 1.47 bits per heavy atom. The number of halogens is 2. The van der Waals surface area contributed by atoms with E-state index in [1.54, 1.807) is 7.05 Å². The highest BCUT2D eigenvalue weighted by Gasteiger charge is 2.33. The molecule has 1 saturated carbocycles. The summed E-state index contributed by atoms with van der Waals surface area (Å²) in [5.41, 5.74) is -0.359. The van der Waals surface area contributed by atoms with Crippen LogP contribution in [0.15, 0.2) is 22.7 Å². The Balaban J connectivity index is 2.10. The van der Waals surface area contributed by atoms with Gasteiger partial charge in [-0.15, -0.1) is 0 Å². The smallest absolute Gasteiger partial charge is 0.254 e. The minimum atomic E-state index is -0.767. The second-order valence-corrected chi connectivity index (χ2v) is 6.07. The highest BCUT2D eigenvalue weighted by Crippen LogP contribution is 2.30. The molecule has 0 atom stereocenters. The van der Waals surface area contributed by atoms with Gasteiger partial charge in [-0.3, -0.25) is 4.79 Å². The first-order valence-electron chi connectivity index (χ1n) is 6.34. The second-order valence-electron chi connectivity index (χ2n) is 5.22. The molecule has 0 unspecified atom stereocenters. The Labute approximate surface area is 120 Å². The van der Waals surface area contributed by atoms with E-state index < -0.39 is 5.60 Å². The summed E-state index contributed by atoms with van der Waals surface area (Å²) < 4.78 is 13.4. The van der Waals surface area contributed by atoms with Crippen LogP contribution in [0, 0.1) is 5.82 Å². The lowest BCUT2D eigenvalue weighted by molar-refractivity contribution is 0.0156. The van der Waals surface area contributed by atoms with Gasteiger partial charge in [0, 0.05) is 18.1 Å². The number of rotatable bonds is 3. The van der Waals surface area contributed by atoms with Gasteiger partial charge < -0.3 is 10.0 Å². The van der Waals surface area contributed by atoms with Crippen LogP contribution in [0.2, 0.25) is 0 Å². The molecule has 1 amide bonds. The minimum Gasteiger partial charge on any atom is -0.388 e. The minimum absolute atomic E-state index is 0.216. The lowest BCUT2D eigenvalue weighted by atomic mass is 10.0. The van der Waals surface area contributed by atoms with Gasteiger partial charge in [0.25, 0.3) is 5.91 Å². The molecule has 0 spiro atoms. The predicted octanol–water partition coefficient (Wildman–Crippen LogP) is 2.97. The van der Waals surface area contributed by atoms with Crippen LogP contribution in [0.4, 0.5) is 4.39 Å². The van der Waals surface area contributed by atoms with Gasteiger partial charge >= 0.3 is 0 Å². The topological polar surface area (TPSA) is 40.5 Å². The average Bonchev–Trinajstić information content (AvgIpc) is 2.75. The summed E-state index contributed by atoms with van der Waals surface area (Å²) in [6.07, 6.45) is 3.46. The number of aliphatic hydroxyl groups is 1. The van der Waals surface area contributed by atoms with Crippen LogP contribution in [0.1, 0.15) is 36.0 Å². The molecule has 1 fully saturated rings. The highest BCUT2D eigenvalue weighted by atomic mass is 79.9. The molecule has 1 aromatic rings. The fourth-order valence-corrected chi connectivity index (χ4v) is 3.09. The molecular weight excluding hydrogens is 313 g/mol. The number of nitrogens with zero attached hydrogens (tertiary/aromatic N) is 1. The van der Waals surface area contributed by atoms with E-state index in [1.807, 2.05) is 0 Å². The molecule has 5 heteroatoms. The maximum Gasteiger partial charge on any atom is 0.254 e. The van der Waals surface area contributed by atoms with Crippen molar-refractivity contribution < 1.29 is 14.3 Å². The van der Waals surface area contributed by atoms with Crippen molar-refractivity contribution in [2.75, 3.05) is 13.6 Å². The van der Waals surface area contributed by atoms with Crippen molar-refractivity contribution in [2.45, 2.75) is 31.3 Å². The van der Waals surface area contributed by atoms with E-state index >= 15 is 0 Å². The largest absolute Gasteiger partial charge is 0.388 e. The third-order valence-corrected chi connectivity index (χ3v) is 4.23. The van der Waals surface area contributed by atoms with E-state index in [9.17, 15) is 14.3 Å². The van der Waals surface area contributed by atoms with E-state index in [0.717, 1.165) is 25.7 Å². The molecule has 0 bridgehead atoms. The molecule has 1 N–H and O–H groups in total. The van der Waals surface area contributed by atoms with E-state index in [1.165, 1.54) is 23.1 Å². The molecule has 3 nitrogen and oxygen atoms in total. The Kier molecular flexibility index (Phi) is 4.26. The first kappa shape index (κ1) is 14.5. The van der Waals surface area contributed by atoms with E-state index in [4.69, 9.17) is 0 Å². The number of hydrogen-bond acceptors (Lipinski definition) is 2. The molecule has 19 heavy (non-hydrogen) atoms. The van der Waals surface area contributed by atoms with Crippen molar-refractivity contribution in [3.05, 3.63) is 34.1 Å². The molecule has 104 valence electrons. The summed E-state index contributed by atoms with van der Waals surface area (Å²) in [4.78, 5) is 13.8. The van der Waals surface area contributed by atoms with Crippen molar-refractivity contribution >= 4 is 21.8 Å². The zero-order valence-corrected chi connectivity index (χ0v) is 12.4. The standard InChI is InChI=1S/C14H17BrFNO2/c1-17(9-14(19)6-2-3-7-14)13(18)11-5-4-10(16)8-12(11)15/h4-5,8,19H,2-3,6-7,9H2,1H3. The van der Waals surface area contributed by atoms with Crippen LogP contribution in [-0.4, -0.2) is 35.1 Å². The molecule has 0 aliphatic heterocycles. The number of amides is 1. The van der Waals surface area contributed by atoms with Crippen molar-refractivity contribution in [3.8, 4) is 0 Å². The molecule has 1 aliphatic carbocycles. The molecule has 1 aromatic carbocycles. The van der Waals surface area contributed by atoms with Gasteiger partial charge in [-0.25, -0.2) is 4.39 Å². The van der Waals surface area contributed by atoms with Crippen LogP contribution >= 0.6 is 15.9 Å². The maximum absolute atomic E-state index is 13.0. The molecule has 0 saturated heterocycles. The molecule has 0 aromatic heterocycles. The van der Waals surface area contributed by atoms with Crippen molar-refractivity contribution in [2.24, 2.45) is 0 Å². The SMILES string of the molecule is CN(CC1(O)CCCC1)C(=O)c1ccc(F)cc1Br. The third-order valence-electron chi connectivity index (χ3n) is 3.57. The Bertz CT molecular complexity index is 486. The van der Waals surface area contributed by atoms with E-state index in [0.29, 0.717) is 16.6 Å². The van der Waals surface area contributed by atoms with Crippen LogP contribution in [0.3, 0.4) is 0 Å². The summed E-state index contributed by atoms with van der Waals surface area (Å²) >= 11 is 3.19. The summed E-state index contributed by atoms with van der Waals surface area (Å²) in [6, 6.07) is 3.98. The van der Waals surface area contributed by atoms with Crippen LogP contribution < -0.4 is 0 Å². The highest BCUT2D eigenvalue weighted by molar-refractivity contribution is 9.10. The van der Waals surface area contributed by atoms with E-state index in [-0.39, 0.29) is 11.7 Å². The van der Waals surface area contributed by atoms with Gasteiger partial charge in [-0.2, -0.15) is 0 Å². The fourth-order valence-electron chi connectivity index (χ4n) is 2.57. The number of carbonyl (C=O) groups is 1. The first-order valence-corrected chi connectivity index (χ1v) is 7.13. The predicted molar refractivity (Wildman–Crippen MR) is 74.5 cm³/mol. The van der Waals surface area contributed by atoms with Gasteiger partial charge in [0.1, 0.15) is 5.82 Å². The lowest BCUT2D eigenvalue weighted by Crippen LogP contribution is -2.42. The quantitative estimate of drug-likeness (QED) is 0.926. The molecule has 2 rings (SSSR count). The summed E-state index contributed by atoms with van der Waals surface area (Å²) in [5, 5.41) is 10.3. The molecule has 0 radical (unpaired) electrons. The second kappa shape index (κ2) is 5.59. The maximum atomic E-state index is 13.0. The van der Waals surface area contributed by atoms with Crippen LogP contribution in [-0.2, 0) is 0 Å². The Morgan fingerprint density at radius 3 is 2.68 bits per heavy atom. The zero-order valence-electron chi connectivity index (χ0n) is 10.8. The molecule has 0 heterocycles. The van der Waals surface area contributed by atoms with Crippen LogP contribution in [0.25, 0.3) is 0 Å². The number of likely N-dealkylation sites (N-methyl/N-ethyl adjacent to an activating group) is 1. The number of benzene rings is 1. The molecular formula is C14H17BrFNO2. The van der Waals surface area contributed by atoms with E-state index in [2.05, 4.69) is 15.9 Å². The average molecular weight is 330 g/mol. The number of hydrogen-bond donors (Lipinski definition) is 1. The number of carbonyl (C=O) groups excluding carboxylic acids is 1. The fraction of sp³-hybridized carbons (Fsp3) is 0.500. The normalized spacial score (nSPS) is 17.5. The Morgan fingerprint density at radius 2 is 2.11 bits per heavy atom. The molecule has 1 aliphatic rings. The van der Waals surface area contributed by atoms with Crippen molar-refractivity contribution in [3.63, 3.8) is 0 Å². The monoisotopic (exact) mass is 329 g/mol. The van der Waals surface area contributed by atoms with Gasteiger partial charge in [-0.1, -0.05) is 12.8 Å². The van der Waals surface area contributed by atoms with Gasteiger partial charge in [0.15, 0.2) is 0 Å². The third kappa shape index (κ3) is 3.34. The summed E-state index contributed by atoms with van der Waals surface area (Å²) in [6.45, 7) is 0.315. The van der Waals surface area contributed by atoms with Gasteiger partial charge in [0.2, 0.25) is 0 Å². The first-order chi connectivity index (χ1) is 8.91. The van der Waals surface area contributed by atoms with Crippen molar-refractivity contribution in [1.29, 1.82) is 0 Å². The Hall–Kier alpha value is -0.940. The van der Waals surface area contributed by atoms with Gasteiger partial charge in [-0.05, 0) is 47.0 Å². The zero-order chi connectivity index (χ0) is 14.0.